The van der Waals surface area contributed by atoms with E-state index in [2.05, 4.69) is 9.88 Å². The Morgan fingerprint density at radius 1 is 1.44 bits per heavy atom. The van der Waals surface area contributed by atoms with Crippen LogP contribution in [0.1, 0.15) is 44.3 Å². The average Bonchev–Trinajstić information content (AvgIpc) is 2.64. The van der Waals surface area contributed by atoms with Gasteiger partial charge in [0, 0.05) is 6.20 Å². The van der Waals surface area contributed by atoms with E-state index in [-0.39, 0.29) is 12.1 Å². The highest BCUT2D eigenvalue weighted by Gasteiger charge is 2.31. The van der Waals surface area contributed by atoms with Gasteiger partial charge in [0.15, 0.2) is 0 Å². The van der Waals surface area contributed by atoms with E-state index < -0.39 is 5.97 Å². The summed E-state index contributed by atoms with van der Waals surface area (Å²) in [6.45, 7) is 2.89. The van der Waals surface area contributed by atoms with Crippen molar-refractivity contribution in [2.75, 3.05) is 6.54 Å². The van der Waals surface area contributed by atoms with Crippen molar-refractivity contribution in [3.63, 3.8) is 0 Å². The zero-order valence-electron chi connectivity index (χ0n) is 10.7. The van der Waals surface area contributed by atoms with Gasteiger partial charge in [0.2, 0.25) is 0 Å². The number of carboxylic acids is 1. The van der Waals surface area contributed by atoms with Gasteiger partial charge >= 0.3 is 5.97 Å². The second-order valence-electron chi connectivity index (χ2n) is 4.87. The Kier molecular flexibility index (Phi) is 4.31. The molecule has 2 heterocycles. The van der Waals surface area contributed by atoms with E-state index in [4.69, 9.17) is 0 Å². The fraction of sp³-hybridized carbons (Fsp3) is 0.571. The van der Waals surface area contributed by atoms with Crippen molar-refractivity contribution in [1.29, 1.82) is 0 Å². The summed E-state index contributed by atoms with van der Waals surface area (Å²) in [6.07, 6.45) is 5.70. The molecule has 0 amide bonds. The topological polar surface area (TPSA) is 53.4 Å². The first-order valence-electron chi connectivity index (χ1n) is 6.59. The molecule has 1 saturated heterocycles. The highest BCUT2D eigenvalue weighted by atomic mass is 16.4. The number of carboxylic acid groups (broad SMARTS) is 1. The molecule has 18 heavy (non-hydrogen) atoms. The predicted molar refractivity (Wildman–Crippen MR) is 69.2 cm³/mol. The van der Waals surface area contributed by atoms with Crippen LogP contribution in [0.2, 0.25) is 0 Å². The molecule has 0 aromatic carbocycles. The Morgan fingerprint density at radius 2 is 2.28 bits per heavy atom. The zero-order chi connectivity index (χ0) is 13.0. The van der Waals surface area contributed by atoms with Crippen molar-refractivity contribution in [2.24, 2.45) is 0 Å². The third-order valence-electron chi connectivity index (χ3n) is 3.69. The number of rotatable bonds is 3. The summed E-state index contributed by atoms with van der Waals surface area (Å²) in [5, 5.41) is 9.37. The van der Waals surface area contributed by atoms with Gasteiger partial charge in [-0.2, -0.15) is 0 Å². The van der Waals surface area contributed by atoms with E-state index in [1.807, 2.05) is 25.1 Å². The number of hydrogen-bond acceptors (Lipinski definition) is 3. The summed E-state index contributed by atoms with van der Waals surface area (Å²) >= 11 is 0. The fourth-order valence-electron chi connectivity index (χ4n) is 2.65. The minimum absolute atomic E-state index is 0.0606. The summed E-state index contributed by atoms with van der Waals surface area (Å²) in [7, 11) is 0. The van der Waals surface area contributed by atoms with Crippen LogP contribution in [0, 0.1) is 0 Å². The van der Waals surface area contributed by atoms with Crippen LogP contribution in [0.4, 0.5) is 0 Å². The van der Waals surface area contributed by atoms with Crippen molar-refractivity contribution in [1.82, 2.24) is 9.88 Å². The molecule has 1 N–H and O–H groups in total. The average molecular weight is 248 g/mol. The molecule has 4 heteroatoms. The standard InChI is InChI=1S/C14H20N2O2/c1-11(12-7-4-5-9-15-12)16-10-6-2-3-8-13(16)14(17)18/h4-5,7,9,11,13H,2-3,6,8,10H2,1H3,(H,17,18). The summed E-state index contributed by atoms with van der Waals surface area (Å²) in [6, 6.07) is 5.49. The molecule has 2 atom stereocenters. The normalized spacial score (nSPS) is 23.3. The molecule has 1 fully saturated rings. The zero-order valence-corrected chi connectivity index (χ0v) is 10.7. The van der Waals surface area contributed by atoms with Crippen molar-refractivity contribution >= 4 is 5.97 Å². The van der Waals surface area contributed by atoms with Gasteiger partial charge in [-0.1, -0.05) is 18.9 Å². The van der Waals surface area contributed by atoms with Gasteiger partial charge in [-0.25, -0.2) is 0 Å². The van der Waals surface area contributed by atoms with E-state index >= 15 is 0 Å². The van der Waals surface area contributed by atoms with Gasteiger partial charge in [0.05, 0.1) is 11.7 Å². The Bertz CT molecular complexity index is 394. The predicted octanol–water partition coefficient (Wildman–Crippen LogP) is 2.47. The number of hydrogen-bond donors (Lipinski definition) is 1. The van der Waals surface area contributed by atoms with Gasteiger partial charge in [-0.3, -0.25) is 14.7 Å². The first-order valence-corrected chi connectivity index (χ1v) is 6.59. The van der Waals surface area contributed by atoms with Crippen LogP contribution >= 0.6 is 0 Å². The molecule has 2 unspecified atom stereocenters. The highest BCUT2D eigenvalue weighted by Crippen LogP contribution is 2.26. The summed E-state index contributed by atoms with van der Waals surface area (Å²) in [4.78, 5) is 17.8. The maximum absolute atomic E-state index is 11.4. The lowest BCUT2D eigenvalue weighted by atomic mass is 10.1. The molecule has 1 aromatic rings. The lowest BCUT2D eigenvalue weighted by Gasteiger charge is -2.32. The number of aliphatic carboxylic acids is 1. The molecule has 1 aliphatic heterocycles. The Balaban J connectivity index is 2.19. The minimum Gasteiger partial charge on any atom is -0.480 e. The molecule has 1 aliphatic rings. The largest absolute Gasteiger partial charge is 0.480 e. The van der Waals surface area contributed by atoms with Gasteiger partial charge in [0.25, 0.3) is 0 Å². The Morgan fingerprint density at radius 3 is 2.94 bits per heavy atom. The van der Waals surface area contributed by atoms with E-state index in [1.165, 1.54) is 0 Å². The molecule has 2 rings (SSSR count). The van der Waals surface area contributed by atoms with Crippen LogP contribution in [-0.2, 0) is 4.79 Å². The van der Waals surface area contributed by atoms with E-state index in [9.17, 15) is 9.90 Å². The van der Waals surface area contributed by atoms with Gasteiger partial charge in [-0.15, -0.1) is 0 Å². The molecule has 4 nitrogen and oxygen atoms in total. The maximum Gasteiger partial charge on any atom is 0.320 e. The summed E-state index contributed by atoms with van der Waals surface area (Å²) in [5.74, 6) is -0.709. The van der Waals surface area contributed by atoms with Gasteiger partial charge in [0.1, 0.15) is 6.04 Å². The maximum atomic E-state index is 11.4. The van der Waals surface area contributed by atoms with Crippen molar-refractivity contribution < 1.29 is 9.90 Å². The monoisotopic (exact) mass is 248 g/mol. The molecular formula is C14H20N2O2. The minimum atomic E-state index is -0.709. The van der Waals surface area contributed by atoms with Crippen LogP contribution < -0.4 is 0 Å². The number of likely N-dealkylation sites (tertiary alicyclic amines) is 1. The van der Waals surface area contributed by atoms with E-state index in [0.717, 1.165) is 37.9 Å². The lowest BCUT2D eigenvalue weighted by Crippen LogP contribution is -2.42. The summed E-state index contributed by atoms with van der Waals surface area (Å²) < 4.78 is 0. The van der Waals surface area contributed by atoms with Crippen molar-refractivity contribution in [3.05, 3.63) is 30.1 Å². The molecule has 0 aliphatic carbocycles. The van der Waals surface area contributed by atoms with Crippen LogP contribution in [0.3, 0.4) is 0 Å². The Hall–Kier alpha value is -1.42. The number of pyridine rings is 1. The lowest BCUT2D eigenvalue weighted by molar-refractivity contribution is -0.144. The van der Waals surface area contributed by atoms with Crippen LogP contribution in [0.15, 0.2) is 24.4 Å². The summed E-state index contributed by atoms with van der Waals surface area (Å²) in [5.41, 5.74) is 0.950. The highest BCUT2D eigenvalue weighted by molar-refractivity contribution is 5.73. The first-order chi connectivity index (χ1) is 8.70. The molecule has 0 saturated carbocycles. The molecular weight excluding hydrogens is 228 g/mol. The van der Waals surface area contributed by atoms with Crippen molar-refractivity contribution in [2.45, 2.75) is 44.7 Å². The number of carbonyl (C=O) groups is 1. The third-order valence-corrected chi connectivity index (χ3v) is 3.69. The molecule has 1 aromatic heterocycles. The third kappa shape index (κ3) is 2.88. The van der Waals surface area contributed by atoms with E-state index in [0.29, 0.717) is 0 Å². The SMILES string of the molecule is CC(c1ccccn1)N1CCCCCC1C(=O)O. The smallest absolute Gasteiger partial charge is 0.320 e. The van der Waals surface area contributed by atoms with Gasteiger partial charge < -0.3 is 5.11 Å². The van der Waals surface area contributed by atoms with E-state index in [1.54, 1.807) is 6.20 Å². The van der Waals surface area contributed by atoms with Crippen LogP contribution in [0.5, 0.6) is 0 Å². The molecule has 0 radical (unpaired) electrons. The molecule has 0 spiro atoms. The second kappa shape index (κ2) is 5.96. The second-order valence-corrected chi connectivity index (χ2v) is 4.87. The number of aromatic nitrogens is 1. The van der Waals surface area contributed by atoms with Crippen molar-refractivity contribution in [3.8, 4) is 0 Å². The number of nitrogens with zero attached hydrogens (tertiary/aromatic N) is 2. The quantitative estimate of drug-likeness (QED) is 0.892. The van der Waals surface area contributed by atoms with Crippen LogP contribution in [-0.4, -0.2) is 33.5 Å². The molecule has 98 valence electrons. The Labute approximate surface area is 108 Å². The fourth-order valence-corrected chi connectivity index (χ4v) is 2.65. The van der Waals surface area contributed by atoms with Gasteiger partial charge in [-0.05, 0) is 38.4 Å². The first kappa shape index (κ1) is 13.0. The van der Waals surface area contributed by atoms with Crippen LogP contribution in [0.25, 0.3) is 0 Å². The molecule has 0 bridgehead atoms.